The molecule has 1 N–H and O–H groups in total. The number of rotatable bonds is 5. The van der Waals surface area contributed by atoms with Crippen LogP contribution in [0.4, 0.5) is 5.69 Å². The minimum absolute atomic E-state index is 0.206. The normalized spacial score (nSPS) is 12.1. The Bertz CT molecular complexity index is 1160. The van der Waals surface area contributed by atoms with Gasteiger partial charge in [0.25, 0.3) is 5.56 Å². The van der Waals surface area contributed by atoms with E-state index in [2.05, 4.69) is 5.32 Å². The summed E-state index contributed by atoms with van der Waals surface area (Å²) in [7, 11) is 0. The maximum atomic E-state index is 13.0. The van der Waals surface area contributed by atoms with Crippen molar-refractivity contribution in [3.8, 4) is 0 Å². The Morgan fingerprint density at radius 1 is 1.14 bits per heavy atom. The first-order valence-corrected chi connectivity index (χ1v) is 9.52. The van der Waals surface area contributed by atoms with Gasteiger partial charge >= 0.3 is 5.69 Å². The van der Waals surface area contributed by atoms with Gasteiger partial charge in [-0.05, 0) is 50.1 Å². The molecule has 3 rings (SSSR count). The van der Waals surface area contributed by atoms with Crippen LogP contribution in [0.25, 0.3) is 10.9 Å². The van der Waals surface area contributed by atoms with Crippen molar-refractivity contribution in [2.24, 2.45) is 0 Å². The van der Waals surface area contributed by atoms with Crippen LogP contribution < -0.4 is 16.6 Å². The summed E-state index contributed by atoms with van der Waals surface area (Å²) in [5, 5.41) is 3.76. The molecule has 1 aromatic heterocycles. The maximum Gasteiger partial charge on any atom is 0.332 e. The van der Waals surface area contributed by atoms with E-state index in [4.69, 9.17) is 11.6 Å². The van der Waals surface area contributed by atoms with E-state index in [1.807, 2.05) is 20.8 Å². The van der Waals surface area contributed by atoms with E-state index in [0.717, 1.165) is 5.56 Å². The van der Waals surface area contributed by atoms with E-state index in [9.17, 15) is 14.4 Å². The number of carbonyl (C=O) groups excluding carboxylic acids is 1. The van der Waals surface area contributed by atoms with Crippen LogP contribution in [0, 0.1) is 6.92 Å². The average Bonchev–Trinajstić information content (AvgIpc) is 2.68. The van der Waals surface area contributed by atoms with Crippen molar-refractivity contribution in [1.82, 2.24) is 9.13 Å². The molecule has 1 heterocycles. The minimum Gasteiger partial charge on any atom is -0.324 e. The molecule has 0 saturated heterocycles. The molecule has 0 aliphatic rings. The molecule has 0 bridgehead atoms. The van der Waals surface area contributed by atoms with Crippen LogP contribution in [0.15, 0.2) is 52.1 Å². The van der Waals surface area contributed by atoms with Crippen LogP contribution in [-0.2, 0) is 11.3 Å². The fraction of sp³-hybridized carbons (Fsp3) is 0.286. The van der Waals surface area contributed by atoms with Gasteiger partial charge in [-0.2, -0.15) is 0 Å². The van der Waals surface area contributed by atoms with Crippen LogP contribution >= 0.6 is 11.6 Å². The summed E-state index contributed by atoms with van der Waals surface area (Å²) >= 11 is 6.11. The number of benzene rings is 2. The Hall–Kier alpha value is -2.86. The highest BCUT2D eigenvalue weighted by Crippen LogP contribution is 2.23. The van der Waals surface area contributed by atoms with Gasteiger partial charge in [0.2, 0.25) is 5.91 Å². The molecule has 0 aliphatic carbocycles. The predicted octanol–water partition coefficient (Wildman–Crippen LogP) is 3.73. The number of carbonyl (C=O) groups is 1. The zero-order valence-corrected chi connectivity index (χ0v) is 16.8. The number of para-hydroxylation sites is 1. The summed E-state index contributed by atoms with van der Waals surface area (Å²) in [6.45, 7) is 5.33. The first kappa shape index (κ1) is 19.9. The van der Waals surface area contributed by atoms with Gasteiger partial charge in [0.1, 0.15) is 6.54 Å². The SMILES string of the molecule is CC[C@H](C)n1c(=O)c2ccccc2n(CC(=O)Nc2cccc(Cl)c2C)c1=O. The van der Waals surface area contributed by atoms with Crippen molar-refractivity contribution in [3.05, 3.63) is 73.9 Å². The highest BCUT2D eigenvalue weighted by molar-refractivity contribution is 6.31. The fourth-order valence-electron chi connectivity index (χ4n) is 3.14. The molecule has 146 valence electrons. The summed E-state index contributed by atoms with van der Waals surface area (Å²) in [4.78, 5) is 38.5. The molecule has 28 heavy (non-hydrogen) atoms. The van der Waals surface area contributed by atoms with E-state index in [0.29, 0.717) is 28.0 Å². The number of nitrogens with zero attached hydrogens (tertiary/aromatic N) is 2. The quantitative estimate of drug-likeness (QED) is 0.710. The molecular weight excluding hydrogens is 378 g/mol. The lowest BCUT2D eigenvalue weighted by Gasteiger charge is -2.17. The molecular formula is C21H22ClN3O3. The Morgan fingerprint density at radius 2 is 1.86 bits per heavy atom. The molecule has 6 nitrogen and oxygen atoms in total. The van der Waals surface area contributed by atoms with Crippen LogP contribution in [-0.4, -0.2) is 15.0 Å². The smallest absolute Gasteiger partial charge is 0.324 e. The second-order valence-electron chi connectivity index (χ2n) is 6.78. The number of anilines is 1. The zero-order chi connectivity index (χ0) is 20.4. The first-order chi connectivity index (χ1) is 13.3. The minimum atomic E-state index is -0.490. The third-order valence-corrected chi connectivity index (χ3v) is 5.37. The Labute approximate surface area is 167 Å². The number of fused-ring (bicyclic) bond motifs is 1. The molecule has 7 heteroatoms. The standard InChI is InChI=1S/C21H22ClN3O3/c1-4-13(2)25-20(27)15-8-5-6-11-18(15)24(21(25)28)12-19(26)23-17-10-7-9-16(22)14(17)3/h5-11,13H,4,12H2,1-3H3,(H,23,26)/t13-/m0/s1. The monoisotopic (exact) mass is 399 g/mol. The Kier molecular flexibility index (Phi) is 5.70. The highest BCUT2D eigenvalue weighted by atomic mass is 35.5. The van der Waals surface area contributed by atoms with Gasteiger partial charge < -0.3 is 5.32 Å². The third-order valence-electron chi connectivity index (χ3n) is 4.96. The van der Waals surface area contributed by atoms with E-state index >= 15 is 0 Å². The molecule has 0 unspecified atom stereocenters. The van der Waals surface area contributed by atoms with Crippen LogP contribution in [0.3, 0.4) is 0 Å². The number of nitrogens with one attached hydrogen (secondary N) is 1. The molecule has 1 amide bonds. The third kappa shape index (κ3) is 3.60. The van der Waals surface area contributed by atoms with Gasteiger partial charge in [-0.25, -0.2) is 4.79 Å². The van der Waals surface area contributed by atoms with Gasteiger partial charge in [0, 0.05) is 16.8 Å². The molecule has 2 aromatic carbocycles. The lowest BCUT2D eigenvalue weighted by Crippen LogP contribution is -2.43. The number of amides is 1. The second kappa shape index (κ2) is 8.02. The number of aromatic nitrogens is 2. The summed E-state index contributed by atoms with van der Waals surface area (Å²) in [6.07, 6.45) is 0.626. The fourth-order valence-corrected chi connectivity index (χ4v) is 3.31. The Balaban J connectivity index is 2.07. The topological polar surface area (TPSA) is 73.1 Å². The molecule has 1 atom stereocenters. The first-order valence-electron chi connectivity index (χ1n) is 9.14. The van der Waals surface area contributed by atoms with Crippen molar-refractivity contribution in [2.75, 3.05) is 5.32 Å². The largest absolute Gasteiger partial charge is 0.332 e. The molecule has 0 spiro atoms. The van der Waals surface area contributed by atoms with Crippen LogP contribution in [0.5, 0.6) is 0 Å². The highest BCUT2D eigenvalue weighted by Gasteiger charge is 2.18. The van der Waals surface area contributed by atoms with Gasteiger partial charge in [-0.3, -0.25) is 18.7 Å². The van der Waals surface area contributed by atoms with Gasteiger partial charge in [0.05, 0.1) is 10.9 Å². The molecule has 0 saturated carbocycles. The van der Waals surface area contributed by atoms with Gasteiger partial charge in [0.15, 0.2) is 0 Å². The predicted molar refractivity (Wildman–Crippen MR) is 112 cm³/mol. The van der Waals surface area contributed by atoms with E-state index in [-0.39, 0.29) is 24.1 Å². The van der Waals surface area contributed by atoms with Crippen LogP contribution in [0.1, 0.15) is 31.9 Å². The molecule has 3 aromatic rings. The van der Waals surface area contributed by atoms with Crippen molar-refractivity contribution in [3.63, 3.8) is 0 Å². The van der Waals surface area contributed by atoms with E-state index in [1.54, 1.807) is 42.5 Å². The molecule has 0 aliphatic heterocycles. The lowest BCUT2D eigenvalue weighted by molar-refractivity contribution is -0.116. The zero-order valence-electron chi connectivity index (χ0n) is 16.0. The molecule has 0 fully saturated rings. The summed E-state index contributed by atoms with van der Waals surface area (Å²) in [5.74, 6) is -0.369. The van der Waals surface area contributed by atoms with Crippen molar-refractivity contribution in [2.45, 2.75) is 39.8 Å². The van der Waals surface area contributed by atoms with Gasteiger partial charge in [-0.15, -0.1) is 0 Å². The summed E-state index contributed by atoms with van der Waals surface area (Å²) in [6, 6.07) is 11.8. The van der Waals surface area contributed by atoms with Gasteiger partial charge in [-0.1, -0.05) is 36.7 Å². The number of hydrogen-bond donors (Lipinski definition) is 1. The van der Waals surface area contributed by atoms with Crippen molar-refractivity contribution < 1.29 is 4.79 Å². The van der Waals surface area contributed by atoms with E-state index < -0.39 is 5.69 Å². The van der Waals surface area contributed by atoms with Crippen molar-refractivity contribution in [1.29, 1.82) is 0 Å². The average molecular weight is 400 g/mol. The number of halogens is 1. The maximum absolute atomic E-state index is 13.0. The molecule has 0 radical (unpaired) electrons. The number of hydrogen-bond acceptors (Lipinski definition) is 3. The summed E-state index contributed by atoms with van der Waals surface area (Å²) in [5.41, 5.74) is 0.952. The Morgan fingerprint density at radius 3 is 2.57 bits per heavy atom. The van der Waals surface area contributed by atoms with Crippen LogP contribution in [0.2, 0.25) is 5.02 Å². The lowest BCUT2D eigenvalue weighted by atomic mass is 10.2. The summed E-state index contributed by atoms with van der Waals surface area (Å²) < 4.78 is 2.57. The van der Waals surface area contributed by atoms with Crippen molar-refractivity contribution >= 4 is 34.1 Å². The van der Waals surface area contributed by atoms with E-state index in [1.165, 1.54) is 9.13 Å². The second-order valence-corrected chi connectivity index (χ2v) is 7.19.